The Balaban J connectivity index is 1.40. The second kappa shape index (κ2) is 6.91. The van der Waals surface area contributed by atoms with Gasteiger partial charge >= 0.3 is 0 Å². The molecule has 2 N–H and O–H groups in total. The molecule has 156 valence electrons. The largest absolute Gasteiger partial charge is 0.371 e. The lowest BCUT2D eigenvalue weighted by Crippen LogP contribution is -2.20. The molecular weight excluding hydrogens is 384 g/mol. The lowest BCUT2D eigenvalue weighted by Gasteiger charge is -2.20. The van der Waals surface area contributed by atoms with Gasteiger partial charge in [-0.05, 0) is 73.1 Å². The normalized spacial score (nSPS) is 21.1. The highest BCUT2D eigenvalue weighted by atomic mass is 16.1. The number of aromatic nitrogens is 2. The van der Waals surface area contributed by atoms with Crippen LogP contribution < -0.4 is 10.6 Å². The van der Waals surface area contributed by atoms with E-state index in [1.54, 1.807) is 6.20 Å². The number of rotatable bonds is 3. The lowest BCUT2D eigenvalue weighted by atomic mass is 10.0. The summed E-state index contributed by atoms with van der Waals surface area (Å²) in [5, 5.41) is 0. The minimum Gasteiger partial charge on any atom is -0.371 e. The van der Waals surface area contributed by atoms with E-state index in [-0.39, 0.29) is 0 Å². The summed E-state index contributed by atoms with van der Waals surface area (Å²) in [4.78, 5) is 24.2. The van der Waals surface area contributed by atoms with Gasteiger partial charge in [0.2, 0.25) is 5.91 Å². The Kier molecular flexibility index (Phi) is 4.13. The number of primary amides is 1. The van der Waals surface area contributed by atoms with Crippen molar-refractivity contribution in [1.82, 2.24) is 9.97 Å². The number of carbonyl (C=O) groups is 1. The van der Waals surface area contributed by atoms with Crippen LogP contribution in [0.3, 0.4) is 0 Å². The van der Waals surface area contributed by atoms with E-state index in [1.165, 1.54) is 43.6 Å². The summed E-state index contributed by atoms with van der Waals surface area (Å²) in [6.45, 7) is 4.30. The third-order valence-electron chi connectivity index (χ3n) is 7.40. The van der Waals surface area contributed by atoms with Gasteiger partial charge in [-0.1, -0.05) is 12.5 Å². The molecule has 1 saturated heterocycles. The Bertz CT molecular complexity index is 1190. The number of aryl methyl sites for hydroxylation is 1. The molecule has 2 atom stereocenters. The Morgan fingerprint density at radius 3 is 2.61 bits per heavy atom. The highest BCUT2D eigenvalue weighted by Crippen LogP contribution is 2.43. The molecule has 0 spiro atoms. The van der Waals surface area contributed by atoms with Crippen molar-refractivity contribution in [2.24, 2.45) is 17.6 Å². The molecule has 6 rings (SSSR count). The van der Waals surface area contributed by atoms with Gasteiger partial charge in [0.05, 0.1) is 11.4 Å². The molecule has 3 aromatic rings. The molecular formula is C26H26N4O. The van der Waals surface area contributed by atoms with Crippen molar-refractivity contribution in [3.05, 3.63) is 65.0 Å². The standard InChI is InChI=1S/C26H26N4O/c1-15-5-6-16(12-28-15)24-11-23(26(27)31)22-10-19-9-20(7-8-21(19)25(22)29-24)30-13-17-3-2-4-18(17)14-30/h5-9,11-12,17-18H,2-4,10,13-14H2,1H3,(H2,27,31). The van der Waals surface area contributed by atoms with Gasteiger partial charge in [-0.2, -0.15) is 0 Å². The van der Waals surface area contributed by atoms with E-state index in [4.69, 9.17) is 10.7 Å². The van der Waals surface area contributed by atoms with E-state index < -0.39 is 5.91 Å². The van der Waals surface area contributed by atoms with E-state index in [9.17, 15) is 4.79 Å². The number of anilines is 1. The summed E-state index contributed by atoms with van der Waals surface area (Å²) in [6, 6.07) is 12.5. The van der Waals surface area contributed by atoms with Crippen LogP contribution in [0.25, 0.3) is 22.5 Å². The first-order valence-electron chi connectivity index (χ1n) is 11.2. The topological polar surface area (TPSA) is 72.1 Å². The predicted molar refractivity (Wildman–Crippen MR) is 122 cm³/mol. The summed E-state index contributed by atoms with van der Waals surface area (Å²) in [5.74, 6) is 1.32. The number of nitrogens with zero attached hydrogens (tertiary/aromatic N) is 3. The zero-order valence-electron chi connectivity index (χ0n) is 17.8. The van der Waals surface area contributed by atoms with Gasteiger partial charge in [0.15, 0.2) is 0 Å². The molecule has 0 radical (unpaired) electrons. The summed E-state index contributed by atoms with van der Waals surface area (Å²) < 4.78 is 0. The second-order valence-corrected chi connectivity index (χ2v) is 9.31. The number of pyridine rings is 2. The van der Waals surface area contributed by atoms with Crippen LogP contribution in [0, 0.1) is 18.8 Å². The van der Waals surface area contributed by atoms with Crippen molar-refractivity contribution in [3.63, 3.8) is 0 Å². The molecule has 5 nitrogen and oxygen atoms in total. The molecule has 1 saturated carbocycles. The first kappa shape index (κ1) is 18.6. The molecule has 2 fully saturated rings. The molecule has 5 heteroatoms. The Labute approximate surface area is 182 Å². The van der Waals surface area contributed by atoms with Gasteiger partial charge in [-0.25, -0.2) is 4.98 Å². The fourth-order valence-corrected chi connectivity index (χ4v) is 5.75. The Morgan fingerprint density at radius 2 is 1.90 bits per heavy atom. The summed E-state index contributed by atoms with van der Waals surface area (Å²) >= 11 is 0. The number of benzene rings is 1. The van der Waals surface area contributed by atoms with E-state index in [2.05, 4.69) is 28.1 Å². The zero-order valence-corrected chi connectivity index (χ0v) is 17.8. The number of nitrogens with two attached hydrogens (primary N) is 1. The number of fused-ring (bicyclic) bond motifs is 4. The molecule has 2 unspecified atom stereocenters. The van der Waals surface area contributed by atoms with Crippen molar-refractivity contribution in [2.45, 2.75) is 32.6 Å². The van der Waals surface area contributed by atoms with Crippen LogP contribution in [-0.4, -0.2) is 29.0 Å². The first-order chi connectivity index (χ1) is 15.1. The molecule has 0 bridgehead atoms. The van der Waals surface area contributed by atoms with Crippen LogP contribution >= 0.6 is 0 Å². The zero-order chi connectivity index (χ0) is 21.1. The SMILES string of the molecule is Cc1ccc(-c2cc(C(N)=O)c3c(n2)-c2ccc(N4CC5CCCC5C4)cc2C3)cn1. The van der Waals surface area contributed by atoms with Crippen LogP contribution in [0.4, 0.5) is 5.69 Å². The molecule has 2 aliphatic carbocycles. The summed E-state index contributed by atoms with van der Waals surface area (Å²) in [5.41, 5.74) is 14.4. The van der Waals surface area contributed by atoms with E-state index in [1.807, 2.05) is 25.1 Å². The summed E-state index contributed by atoms with van der Waals surface area (Å²) in [6.07, 6.45) is 6.65. The smallest absolute Gasteiger partial charge is 0.249 e. The molecule has 1 aliphatic heterocycles. The van der Waals surface area contributed by atoms with Gasteiger partial charge in [-0.3, -0.25) is 9.78 Å². The minimum absolute atomic E-state index is 0.402. The van der Waals surface area contributed by atoms with Crippen molar-refractivity contribution in [1.29, 1.82) is 0 Å². The van der Waals surface area contributed by atoms with Crippen molar-refractivity contribution in [2.75, 3.05) is 18.0 Å². The summed E-state index contributed by atoms with van der Waals surface area (Å²) in [7, 11) is 0. The number of hydrogen-bond donors (Lipinski definition) is 1. The third kappa shape index (κ3) is 3.02. The molecule has 1 aromatic carbocycles. The van der Waals surface area contributed by atoms with Crippen LogP contribution in [-0.2, 0) is 6.42 Å². The fraction of sp³-hybridized carbons (Fsp3) is 0.346. The fourth-order valence-electron chi connectivity index (χ4n) is 5.75. The maximum absolute atomic E-state index is 12.3. The first-order valence-corrected chi connectivity index (χ1v) is 11.2. The Hall–Kier alpha value is -3.21. The van der Waals surface area contributed by atoms with Gasteiger partial charge in [0, 0.05) is 53.8 Å². The van der Waals surface area contributed by atoms with Crippen LogP contribution in [0.2, 0.25) is 0 Å². The van der Waals surface area contributed by atoms with Gasteiger partial charge in [0.25, 0.3) is 0 Å². The van der Waals surface area contributed by atoms with Crippen molar-refractivity contribution in [3.8, 4) is 22.5 Å². The minimum atomic E-state index is -0.402. The van der Waals surface area contributed by atoms with Gasteiger partial charge in [-0.15, -0.1) is 0 Å². The van der Waals surface area contributed by atoms with E-state index in [0.717, 1.165) is 45.6 Å². The number of carbonyl (C=O) groups excluding carboxylic acids is 1. The number of hydrogen-bond acceptors (Lipinski definition) is 4. The third-order valence-corrected chi connectivity index (χ3v) is 7.40. The molecule has 1 amide bonds. The van der Waals surface area contributed by atoms with E-state index >= 15 is 0 Å². The monoisotopic (exact) mass is 410 g/mol. The van der Waals surface area contributed by atoms with E-state index in [0.29, 0.717) is 12.0 Å². The number of amides is 1. The maximum Gasteiger partial charge on any atom is 0.249 e. The van der Waals surface area contributed by atoms with Crippen LogP contribution in [0.5, 0.6) is 0 Å². The van der Waals surface area contributed by atoms with Crippen LogP contribution in [0.1, 0.15) is 46.4 Å². The van der Waals surface area contributed by atoms with Crippen molar-refractivity contribution < 1.29 is 4.79 Å². The highest BCUT2D eigenvalue weighted by molar-refractivity contribution is 5.98. The average molecular weight is 411 g/mol. The average Bonchev–Trinajstić information content (AvgIpc) is 3.46. The molecule has 31 heavy (non-hydrogen) atoms. The molecule has 2 aromatic heterocycles. The lowest BCUT2D eigenvalue weighted by molar-refractivity contribution is 0.0999. The quantitative estimate of drug-likeness (QED) is 0.545. The Morgan fingerprint density at radius 1 is 1.10 bits per heavy atom. The highest BCUT2D eigenvalue weighted by Gasteiger charge is 2.36. The van der Waals surface area contributed by atoms with Crippen LogP contribution in [0.15, 0.2) is 42.6 Å². The molecule has 3 aliphatic rings. The second-order valence-electron chi connectivity index (χ2n) is 9.31. The van der Waals surface area contributed by atoms with Crippen molar-refractivity contribution >= 4 is 11.6 Å². The van der Waals surface area contributed by atoms with Gasteiger partial charge < -0.3 is 10.6 Å². The predicted octanol–water partition coefficient (Wildman–Crippen LogP) is 4.36. The maximum atomic E-state index is 12.3. The molecule has 3 heterocycles. The van der Waals surface area contributed by atoms with Gasteiger partial charge in [0.1, 0.15) is 0 Å².